The van der Waals surface area contributed by atoms with Crippen molar-refractivity contribution < 1.29 is 14.3 Å². The van der Waals surface area contributed by atoms with E-state index in [-0.39, 0.29) is 18.4 Å². The highest BCUT2D eigenvalue weighted by molar-refractivity contribution is 5.93. The van der Waals surface area contributed by atoms with Crippen molar-refractivity contribution >= 4 is 11.8 Å². The summed E-state index contributed by atoms with van der Waals surface area (Å²) in [4.78, 5) is 24.0. The lowest BCUT2D eigenvalue weighted by Crippen LogP contribution is -2.54. The lowest BCUT2D eigenvalue weighted by atomic mass is 10.0. The summed E-state index contributed by atoms with van der Waals surface area (Å²) in [5.41, 5.74) is 0. The zero-order chi connectivity index (χ0) is 12.0. The molecule has 0 aromatic heterocycles. The van der Waals surface area contributed by atoms with Crippen molar-refractivity contribution in [2.24, 2.45) is 5.92 Å². The minimum absolute atomic E-state index is 0.00146. The number of hydrogen-bond acceptors (Lipinski definition) is 3. The summed E-state index contributed by atoms with van der Waals surface area (Å²) in [5.74, 6) is 5.01. The average Bonchev–Trinajstić information content (AvgIpc) is 2.16. The third-order valence-corrected chi connectivity index (χ3v) is 2.37. The molecule has 2 amide bonds. The highest BCUT2D eigenvalue weighted by Crippen LogP contribution is 2.14. The maximum atomic E-state index is 11.3. The molecule has 5 nitrogen and oxygen atoms in total. The molecule has 5 heteroatoms. The van der Waals surface area contributed by atoms with E-state index in [0.717, 1.165) is 0 Å². The largest absolute Gasteiger partial charge is 0.375 e. The van der Waals surface area contributed by atoms with Crippen LogP contribution in [-0.2, 0) is 14.3 Å². The molecule has 0 aliphatic carbocycles. The molecule has 0 saturated carbocycles. The van der Waals surface area contributed by atoms with Crippen LogP contribution in [0.1, 0.15) is 6.92 Å². The van der Waals surface area contributed by atoms with Crippen LogP contribution in [0.2, 0.25) is 0 Å². The number of rotatable bonds is 4. The van der Waals surface area contributed by atoms with Crippen LogP contribution in [0.15, 0.2) is 0 Å². The summed E-state index contributed by atoms with van der Waals surface area (Å²) in [7, 11) is 1.50. The molecule has 16 heavy (non-hydrogen) atoms. The van der Waals surface area contributed by atoms with Gasteiger partial charge in [0.05, 0.1) is 0 Å². The third kappa shape index (κ3) is 3.55. The Morgan fingerprint density at radius 1 is 1.50 bits per heavy atom. The Balaban J connectivity index is 2.14. The van der Waals surface area contributed by atoms with Crippen LogP contribution in [0.3, 0.4) is 0 Å². The van der Waals surface area contributed by atoms with Crippen LogP contribution in [0.4, 0.5) is 0 Å². The predicted octanol–water partition coefficient (Wildman–Crippen LogP) is -0.769. The van der Waals surface area contributed by atoms with Gasteiger partial charge in [-0.25, -0.2) is 0 Å². The first kappa shape index (κ1) is 12.5. The standard InChI is InChI=1S/C11H16N2O3/c1-3-4-10(14)12-5-9-6-13(7-9)11(15)8-16-2/h9H,5-8H2,1-2H3,(H,12,14). The van der Waals surface area contributed by atoms with Crippen molar-refractivity contribution in [1.29, 1.82) is 0 Å². The first-order valence-electron chi connectivity index (χ1n) is 5.14. The normalized spacial score (nSPS) is 14.8. The van der Waals surface area contributed by atoms with E-state index in [1.165, 1.54) is 7.11 Å². The fourth-order valence-electron chi connectivity index (χ4n) is 1.51. The topological polar surface area (TPSA) is 58.6 Å². The molecular weight excluding hydrogens is 208 g/mol. The molecule has 0 unspecified atom stereocenters. The van der Waals surface area contributed by atoms with Crippen molar-refractivity contribution in [2.75, 3.05) is 33.4 Å². The average molecular weight is 224 g/mol. The molecule has 1 N–H and O–H groups in total. The SMILES string of the molecule is CC#CC(=O)NCC1CN(C(=O)COC)C1. The molecule has 0 radical (unpaired) electrons. The summed E-state index contributed by atoms with van der Waals surface area (Å²) >= 11 is 0. The van der Waals surface area contributed by atoms with Gasteiger partial charge < -0.3 is 15.0 Å². The van der Waals surface area contributed by atoms with E-state index in [4.69, 9.17) is 4.74 Å². The first-order valence-corrected chi connectivity index (χ1v) is 5.14. The second kappa shape index (κ2) is 6.13. The smallest absolute Gasteiger partial charge is 0.295 e. The summed E-state index contributed by atoms with van der Waals surface area (Å²) in [6.45, 7) is 3.68. The number of hydrogen-bond donors (Lipinski definition) is 1. The van der Waals surface area contributed by atoms with Crippen LogP contribution < -0.4 is 5.32 Å². The molecule has 0 aromatic rings. The van der Waals surface area contributed by atoms with E-state index in [1.807, 2.05) is 0 Å². The van der Waals surface area contributed by atoms with E-state index in [1.54, 1.807) is 11.8 Å². The van der Waals surface area contributed by atoms with E-state index >= 15 is 0 Å². The third-order valence-electron chi connectivity index (χ3n) is 2.37. The number of carbonyl (C=O) groups excluding carboxylic acids is 2. The first-order chi connectivity index (χ1) is 7.67. The van der Waals surface area contributed by atoms with Gasteiger partial charge in [0, 0.05) is 32.7 Å². The number of carbonyl (C=O) groups is 2. The number of nitrogens with zero attached hydrogens (tertiary/aromatic N) is 1. The fraction of sp³-hybridized carbons (Fsp3) is 0.636. The lowest BCUT2D eigenvalue weighted by Gasteiger charge is -2.39. The second-order valence-corrected chi connectivity index (χ2v) is 3.68. The Bertz CT molecular complexity index is 324. The molecule has 1 aliphatic rings. The molecule has 0 atom stereocenters. The van der Waals surface area contributed by atoms with Crippen molar-refractivity contribution in [3.63, 3.8) is 0 Å². The quantitative estimate of drug-likeness (QED) is 0.638. The van der Waals surface area contributed by atoms with E-state index < -0.39 is 0 Å². The molecule has 1 saturated heterocycles. The van der Waals surface area contributed by atoms with Gasteiger partial charge in [-0.15, -0.1) is 0 Å². The summed E-state index contributed by atoms with van der Waals surface area (Å²) in [5, 5.41) is 2.70. The van der Waals surface area contributed by atoms with Gasteiger partial charge in [-0.05, 0) is 12.8 Å². The summed E-state index contributed by atoms with van der Waals surface area (Å²) in [6.07, 6.45) is 0. The van der Waals surface area contributed by atoms with Crippen molar-refractivity contribution in [1.82, 2.24) is 10.2 Å². The maximum Gasteiger partial charge on any atom is 0.295 e. The van der Waals surface area contributed by atoms with Crippen LogP contribution in [0.5, 0.6) is 0 Å². The van der Waals surface area contributed by atoms with Gasteiger partial charge in [-0.2, -0.15) is 0 Å². The zero-order valence-electron chi connectivity index (χ0n) is 9.58. The number of nitrogens with one attached hydrogen (secondary N) is 1. The molecule has 0 aromatic carbocycles. The Morgan fingerprint density at radius 3 is 2.75 bits per heavy atom. The number of likely N-dealkylation sites (tertiary alicyclic amines) is 1. The van der Waals surface area contributed by atoms with E-state index in [0.29, 0.717) is 25.6 Å². The summed E-state index contributed by atoms with van der Waals surface area (Å²) in [6, 6.07) is 0. The minimum Gasteiger partial charge on any atom is -0.375 e. The maximum absolute atomic E-state index is 11.3. The van der Waals surface area contributed by atoms with Crippen LogP contribution in [0, 0.1) is 17.8 Å². The van der Waals surface area contributed by atoms with Gasteiger partial charge in [0.25, 0.3) is 5.91 Å². The molecular formula is C11H16N2O3. The van der Waals surface area contributed by atoms with E-state index in [2.05, 4.69) is 17.2 Å². The van der Waals surface area contributed by atoms with Gasteiger partial charge >= 0.3 is 0 Å². The number of ether oxygens (including phenoxy) is 1. The van der Waals surface area contributed by atoms with E-state index in [9.17, 15) is 9.59 Å². The predicted molar refractivity (Wildman–Crippen MR) is 58.4 cm³/mol. The van der Waals surface area contributed by atoms with Crippen LogP contribution in [0.25, 0.3) is 0 Å². The molecule has 1 heterocycles. The monoisotopic (exact) mass is 224 g/mol. The lowest BCUT2D eigenvalue weighted by molar-refractivity contribution is -0.141. The Hall–Kier alpha value is -1.54. The zero-order valence-corrected chi connectivity index (χ0v) is 9.58. The molecule has 88 valence electrons. The molecule has 1 fully saturated rings. The van der Waals surface area contributed by atoms with Crippen molar-refractivity contribution in [3.8, 4) is 11.8 Å². The molecule has 0 bridgehead atoms. The Labute approximate surface area is 95.1 Å². The van der Waals surface area contributed by atoms with Gasteiger partial charge in [0.1, 0.15) is 6.61 Å². The van der Waals surface area contributed by atoms with Gasteiger partial charge in [-0.3, -0.25) is 9.59 Å². The molecule has 0 spiro atoms. The Kier molecular flexibility index (Phi) is 4.80. The fourth-order valence-corrected chi connectivity index (χ4v) is 1.51. The van der Waals surface area contributed by atoms with Gasteiger partial charge in [-0.1, -0.05) is 5.92 Å². The Morgan fingerprint density at radius 2 is 2.19 bits per heavy atom. The highest BCUT2D eigenvalue weighted by Gasteiger charge is 2.30. The van der Waals surface area contributed by atoms with Gasteiger partial charge in [0.15, 0.2) is 0 Å². The molecule has 1 aliphatic heterocycles. The second-order valence-electron chi connectivity index (χ2n) is 3.68. The van der Waals surface area contributed by atoms with Gasteiger partial charge in [0.2, 0.25) is 5.91 Å². The minimum atomic E-state index is -0.260. The summed E-state index contributed by atoms with van der Waals surface area (Å²) < 4.78 is 4.75. The number of amides is 2. The highest BCUT2D eigenvalue weighted by atomic mass is 16.5. The number of methoxy groups -OCH3 is 1. The van der Waals surface area contributed by atoms with Crippen LogP contribution in [-0.4, -0.2) is 50.1 Å². The van der Waals surface area contributed by atoms with Crippen molar-refractivity contribution in [2.45, 2.75) is 6.92 Å². The van der Waals surface area contributed by atoms with Crippen molar-refractivity contribution in [3.05, 3.63) is 0 Å². The van der Waals surface area contributed by atoms with Crippen LogP contribution >= 0.6 is 0 Å². The molecule has 1 rings (SSSR count).